The predicted molar refractivity (Wildman–Crippen MR) is 112 cm³/mol. The Hall–Kier alpha value is -3.68. The molecule has 0 aliphatic rings. The first-order chi connectivity index (χ1) is 14.4. The number of aromatic nitrogens is 5. The number of fused-ring (bicyclic) bond motifs is 1. The zero-order valence-electron chi connectivity index (χ0n) is 17.2. The minimum Gasteiger partial charge on any atom is -0.340 e. The molecular formula is C22H22N6O2. The van der Waals surface area contributed by atoms with Crippen LogP contribution in [0.25, 0.3) is 22.4 Å². The van der Waals surface area contributed by atoms with E-state index >= 15 is 0 Å². The molecule has 0 radical (unpaired) electrons. The summed E-state index contributed by atoms with van der Waals surface area (Å²) in [4.78, 5) is 30.5. The summed E-state index contributed by atoms with van der Waals surface area (Å²) in [7, 11) is 0. The van der Waals surface area contributed by atoms with Crippen molar-refractivity contribution in [3.05, 3.63) is 65.6 Å². The Balaban J connectivity index is 1.59. The zero-order chi connectivity index (χ0) is 21.3. The number of nitrogens with zero attached hydrogens (tertiary/aromatic N) is 5. The molecule has 152 valence electrons. The van der Waals surface area contributed by atoms with Crippen LogP contribution in [0.5, 0.6) is 0 Å². The standard InChI is InChI=1S/C22H22N6O2/c1-12(2)19(22-27-20(28-30-22)15-7-9-23-10-8-15)26-21(29)16-5-6-17-18(11-16)25-14(4)13(3)24-17/h5-12,19H,1-4H3,(H,26,29). The van der Waals surface area contributed by atoms with E-state index in [-0.39, 0.29) is 11.8 Å². The summed E-state index contributed by atoms with van der Waals surface area (Å²) in [6.45, 7) is 7.79. The Labute approximate surface area is 173 Å². The van der Waals surface area contributed by atoms with Gasteiger partial charge < -0.3 is 9.84 Å². The molecule has 0 saturated heterocycles. The second kappa shape index (κ2) is 7.98. The van der Waals surface area contributed by atoms with Crippen LogP contribution in [0.4, 0.5) is 0 Å². The average molecular weight is 402 g/mol. The lowest BCUT2D eigenvalue weighted by atomic mass is 10.0. The second-order valence-electron chi connectivity index (χ2n) is 7.49. The molecule has 3 aromatic heterocycles. The number of carbonyl (C=O) groups is 1. The number of nitrogens with one attached hydrogen (secondary N) is 1. The Kier molecular flexibility index (Phi) is 5.22. The molecule has 1 amide bonds. The Morgan fingerprint density at radius 3 is 2.37 bits per heavy atom. The molecule has 0 bridgehead atoms. The predicted octanol–water partition coefficient (Wildman–Crippen LogP) is 3.82. The van der Waals surface area contributed by atoms with E-state index in [4.69, 9.17) is 4.52 Å². The molecule has 3 heterocycles. The van der Waals surface area contributed by atoms with Crippen LogP contribution in [0.3, 0.4) is 0 Å². The van der Waals surface area contributed by atoms with Crippen molar-refractivity contribution in [1.29, 1.82) is 0 Å². The van der Waals surface area contributed by atoms with Crippen LogP contribution in [0.1, 0.15) is 47.5 Å². The van der Waals surface area contributed by atoms with E-state index in [2.05, 4.69) is 30.4 Å². The third kappa shape index (κ3) is 3.89. The van der Waals surface area contributed by atoms with Gasteiger partial charge in [-0.05, 0) is 50.1 Å². The Morgan fingerprint density at radius 2 is 1.67 bits per heavy atom. The van der Waals surface area contributed by atoms with E-state index in [9.17, 15) is 4.79 Å². The first-order valence-electron chi connectivity index (χ1n) is 9.72. The van der Waals surface area contributed by atoms with Crippen LogP contribution < -0.4 is 5.32 Å². The maximum absolute atomic E-state index is 12.9. The smallest absolute Gasteiger partial charge is 0.252 e. The summed E-state index contributed by atoms with van der Waals surface area (Å²) >= 11 is 0. The maximum Gasteiger partial charge on any atom is 0.252 e. The van der Waals surface area contributed by atoms with Crippen molar-refractivity contribution < 1.29 is 9.32 Å². The number of rotatable bonds is 5. The van der Waals surface area contributed by atoms with Gasteiger partial charge in [-0.25, -0.2) is 9.97 Å². The number of hydrogen-bond donors (Lipinski definition) is 1. The topological polar surface area (TPSA) is 107 Å². The molecule has 0 aliphatic heterocycles. The van der Waals surface area contributed by atoms with Gasteiger partial charge in [0, 0.05) is 23.5 Å². The van der Waals surface area contributed by atoms with Gasteiger partial charge in [0.2, 0.25) is 11.7 Å². The van der Waals surface area contributed by atoms with Crippen LogP contribution in [0.15, 0.2) is 47.2 Å². The van der Waals surface area contributed by atoms with Gasteiger partial charge >= 0.3 is 0 Å². The van der Waals surface area contributed by atoms with Gasteiger partial charge in [0.05, 0.1) is 22.4 Å². The SMILES string of the molecule is Cc1nc2ccc(C(=O)NC(c3nc(-c4ccncc4)no3)C(C)C)cc2nc1C. The molecular weight excluding hydrogens is 380 g/mol. The highest BCUT2D eigenvalue weighted by atomic mass is 16.5. The van der Waals surface area contributed by atoms with E-state index in [0.717, 1.165) is 22.5 Å². The number of amides is 1. The number of aryl methyl sites for hydroxylation is 2. The quantitative estimate of drug-likeness (QED) is 0.541. The third-order valence-corrected chi connectivity index (χ3v) is 4.94. The number of hydrogen-bond acceptors (Lipinski definition) is 7. The molecule has 0 spiro atoms. The largest absolute Gasteiger partial charge is 0.340 e. The van der Waals surface area contributed by atoms with Crippen LogP contribution in [-0.4, -0.2) is 31.0 Å². The third-order valence-electron chi connectivity index (χ3n) is 4.94. The van der Waals surface area contributed by atoms with Crippen LogP contribution in [-0.2, 0) is 0 Å². The van der Waals surface area contributed by atoms with E-state index in [1.54, 1.807) is 36.7 Å². The van der Waals surface area contributed by atoms with Crippen LogP contribution >= 0.6 is 0 Å². The molecule has 0 aliphatic carbocycles. The minimum absolute atomic E-state index is 0.0461. The monoisotopic (exact) mass is 402 g/mol. The van der Waals surface area contributed by atoms with E-state index in [1.807, 2.05) is 33.8 Å². The fourth-order valence-corrected chi connectivity index (χ4v) is 3.09. The van der Waals surface area contributed by atoms with Crippen molar-refractivity contribution in [2.24, 2.45) is 5.92 Å². The first-order valence-corrected chi connectivity index (χ1v) is 9.72. The van der Waals surface area contributed by atoms with Crippen molar-refractivity contribution >= 4 is 16.9 Å². The lowest BCUT2D eigenvalue weighted by Crippen LogP contribution is -2.32. The summed E-state index contributed by atoms with van der Waals surface area (Å²) < 4.78 is 5.46. The van der Waals surface area contributed by atoms with Crippen molar-refractivity contribution in [2.45, 2.75) is 33.7 Å². The fourth-order valence-electron chi connectivity index (χ4n) is 3.09. The highest BCUT2D eigenvalue weighted by molar-refractivity contribution is 5.97. The summed E-state index contributed by atoms with van der Waals surface area (Å²) in [6, 6.07) is 8.48. The number of carbonyl (C=O) groups excluding carboxylic acids is 1. The Morgan fingerprint density at radius 1 is 0.967 bits per heavy atom. The summed E-state index contributed by atoms with van der Waals surface area (Å²) in [5, 5.41) is 7.05. The molecule has 8 nitrogen and oxygen atoms in total. The lowest BCUT2D eigenvalue weighted by Gasteiger charge is -2.18. The van der Waals surface area contributed by atoms with Gasteiger partial charge in [-0.2, -0.15) is 4.98 Å². The molecule has 4 aromatic rings. The summed E-state index contributed by atoms with van der Waals surface area (Å²) in [5.41, 5.74) is 4.46. The normalized spacial score (nSPS) is 12.3. The van der Waals surface area contributed by atoms with E-state index < -0.39 is 6.04 Å². The van der Waals surface area contributed by atoms with Crippen molar-refractivity contribution in [1.82, 2.24) is 30.4 Å². The van der Waals surface area contributed by atoms with Crippen molar-refractivity contribution in [3.8, 4) is 11.4 Å². The minimum atomic E-state index is -0.429. The molecule has 30 heavy (non-hydrogen) atoms. The first kappa shape index (κ1) is 19.6. The highest BCUT2D eigenvalue weighted by Gasteiger charge is 2.25. The lowest BCUT2D eigenvalue weighted by molar-refractivity contribution is 0.0914. The molecule has 1 N–H and O–H groups in total. The Bertz CT molecular complexity index is 1200. The zero-order valence-corrected chi connectivity index (χ0v) is 17.2. The van der Waals surface area contributed by atoms with Gasteiger partial charge in [-0.1, -0.05) is 19.0 Å². The molecule has 8 heteroatoms. The maximum atomic E-state index is 12.9. The molecule has 0 fully saturated rings. The van der Waals surface area contributed by atoms with Crippen LogP contribution in [0, 0.1) is 19.8 Å². The van der Waals surface area contributed by atoms with Crippen molar-refractivity contribution in [3.63, 3.8) is 0 Å². The van der Waals surface area contributed by atoms with Gasteiger partial charge in [-0.15, -0.1) is 0 Å². The van der Waals surface area contributed by atoms with E-state index in [1.165, 1.54) is 0 Å². The van der Waals surface area contributed by atoms with Crippen LogP contribution in [0.2, 0.25) is 0 Å². The van der Waals surface area contributed by atoms with Gasteiger partial charge in [0.25, 0.3) is 5.91 Å². The molecule has 1 unspecified atom stereocenters. The summed E-state index contributed by atoms with van der Waals surface area (Å²) in [5.74, 6) is 0.625. The van der Waals surface area contributed by atoms with Gasteiger partial charge in [-0.3, -0.25) is 9.78 Å². The van der Waals surface area contributed by atoms with E-state index in [0.29, 0.717) is 22.8 Å². The molecule has 1 atom stereocenters. The molecule has 4 rings (SSSR count). The fraction of sp³-hybridized carbons (Fsp3) is 0.273. The highest BCUT2D eigenvalue weighted by Crippen LogP contribution is 2.24. The van der Waals surface area contributed by atoms with Gasteiger partial charge in [0.15, 0.2) is 0 Å². The molecule has 1 aromatic carbocycles. The van der Waals surface area contributed by atoms with Gasteiger partial charge in [0.1, 0.15) is 6.04 Å². The second-order valence-corrected chi connectivity index (χ2v) is 7.49. The number of benzene rings is 1. The average Bonchev–Trinajstić information content (AvgIpc) is 3.22. The number of pyridine rings is 1. The summed E-state index contributed by atoms with van der Waals surface area (Å²) in [6.07, 6.45) is 3.33. The molecule has 0 saturated carbocycles. The van der Waals surface area contributed by atoms with Crippen molar-refractivity contribution in [2.75, 3.05) is 0 Å².